The highest BCUT2D eigenvalue weighted by molar-refractivity contribution is 7.99. The van der Waals surface area contributed by atoms with E-state index in [4.69, 9.17) is 0 Å². The number of nitrogens with one attached hydrogen (secondary N) is 2. The molecule has 2 amide bonds. The lowest BCUT2D eigenvalue weighted by molar-refractivity contribution is 0.0351. The van der Waals surface area contributed by atoms with Gasteiger partial charge in [0.15, 0.2) is 0 Å². The van der Waals surface area contributed by atoms with Crippen LogP contribution in [0.15, 0.2) is 30.3 Å². The molecular formula is C13H18N2O2S. The number of anilines is 1. The number of rotatable bonds is 3. The minimum atomic E-state index is -0.737. The zero-order chi connectivity index (χ0) is 12.8. The van der Waals surface area contributed by atoms with Crippen molar-refractivity contribution < 1.29 is 9.90 Å². The molecular weight excluding hydrogens is 248 g/mol. The average Bonchev–Trinajstić information content (AvgIpc) is 2.39. The van der Waals surface area contributed by atoms with Crippen LogP contribution in [0.3, 0.4) is 0 Å². The van der Waals surface area contributed by atoms with Crippen LogP contribution in [0.2, 0.25) is 0 Å². The summed E-state index contributed by atoms with van der Waals surface area (Å²) in [4.78, 5) is 11.7. The van der Waals surface area contributed by atoms with Gasteiger partial charge in [-0.25, -0.2) is 4.79 Å². The van der Waals surface area contributed by atoms with Gasteiger partial charge in [0.2, 0.25) is 0 Å². The topological polar surface area (TPSA) is 61.4 Å². The molecule has 0 spiro atoms. The van der Waals surface area contributed by atoms with Crippen LogP contribution in [0.4, 0.5) is 10.5 Å². The molecule has 1 aliphatic rings. The Morgan fingerprint density at radius 3 is 2.61 bits per heavy atom. The van der Waals surface area contributed by atoms with Crippen LogP contribution < -0.4 is 10.6 Å². The molecule has 1 aromatic rings. The van der Waals surface area contributed by atoms with Gasteiger partial charge in [-0.2, -0.15) is 11.8 Å². The summed E-state index contributed by atoms with van der Waals surface area (Å²) < 4.78 is 0. The SMILES string of the molecule is O=C(NCC1(O)CCSCC1)Nc1ccccc1. The molecule has 0 unspecified atom stereocenters. The van der Waals surface area contributed by atoms with Crippen LogP contribution in [-0.2, 0) is 0 Å². The molecule has 4 nitrogen and oxygen atoms in total. The van der Waals surface area contributed by atoms with Gasteiger partial charge in [-0.15, -0.1) is 0 Å². The molecule has 0 saturated carbocycles. The van der Waals surface area contributed by atoms with Crippen LogP contribution in [0.1, 0.15) is 12.8 Å². The molecule has 3 N–H and O–H groups in total. The molecule has 98 valence electrons. The summed E-state index contributed by atoms with van der Waals surface area (Å²) >= 11 is 1.85. The second-order valence-corrected chi connectivity index (χ2v) is 5.74. The van der Waals surface area contributed by atoms with E-state index in [1.165, 1.54) is 0 Å². The number of aliphatic hydroxyl groups is 1. The maximum Gasteiger partial charge on any atom is 0.319 e. The summed E-state index contributed by atoms with van der Waals surface area (Å²) in [7, 11) is 0. The molecule has 2 rings (SSSR count). The Kier molecular flexibility index (Phi) is 4.49. The van der Waals surface area contributed by atoms with Crippen LogP contribution in [-0.4, -0.2) is 34.8 Å². The fourth-order valence-electron chi connectivity index (χ4n) is 1.87. The van der Waals surface area contributed by atoms with Gasteiger partial charge in [0, 0.05) is 12.2 Å². The largest absolute Gasteiger partial charge is 0.388 e. The standard InChI is InChI=1S/C13H18N2O2S/c16-12(15-11-4-2-1-3-5-11)14-10-13(17)6-8-18-9-7-13/h1-5,17H,6-10H2,(H2,14,15,16). The van der Waals surface area contributed by atoms with Gasteiger partial charge in [-0.05, 0) is 36.5 Å². The summed E-state index contributed by atoms with van der Waals surface area (Å²) in [6, 6.07) is 9.00. The molecule has 18 heavy (non-hydrogen) atoms. The van der Waals surface area contributed by atoms with Gasteiger partial charge in [-0.1, -0.05) is 18.2 Å². The Morgan fingerprint density at radius 1 is 1.28 bits per heavy atom. The predicted octanol–water partition coefficient (Wildman–Crippen LogP) is 2.07. The molecule has 1 heterocycles. The Morgan fingerprint density at radius 2 is 1.94 bits per heavy atom. The fraction of sp³-hybridized carbons (Fsp3) is 0.462. The molecule has 1 aromatic carbocycles. The molecule has 0 radical (unpaired) electrons. The van der Waals surface area contributed by atoms with Gasteiger partial charge in [-0.3, -0.25) is 0 Å². The smallest absolute Gasteiger partial charge is 0.319 e. The minimum Gasteiger partial charge on any atom is -0.388 e. The van der Waals surface area contributed by atoms with E-state index in [1.807, 2.05) is 42.1 Å². The number of amides is 2. The fourth-order valence-corrected chi connectivity index (χ4v) is 3.12. The Balaban J connectivity index is 1.78. The van der Waals surface area contributed by atoms with Crippen LogP contribution in [0.25, 0.3) is 0 Å². The molecule has 5 heteroatoms. The van der Waals surface area contributed by atoms with E-state index in [-0.39, 0.29) is 6.03 Å². The highest BCUT2D eigenvalue weighted by Gasteiger charge is 2.29. The zero-order valence-corrected chi connectivity index (χ0v) is 11.0. The van der Waals surface area contributed by atoms with Gasteiger partial charge >= 0.3 is 6.03 Å². The van der Waals surface area contributed by atoms with Crippen molar-refractivity contribution in [1.29, 1.82) is 0 Å². The van der Waals surface area contributed by atoms with Gasteiger partial charge < -0.3 is 15.7 Å². The molecule has 1 fully saturated rings. The van der Waals surface area contributed by atoms with E-state index in [0.717, 1.165) is 30.0 Å². The Hall–Kier alpha value is -1.20. The lowest BCUT2D eigenvalue weighted by Crippen LogP contribution is -2.46. The van der Waals surface area contributed by atoms with Crippen molar-refractivity contribution in [3.05, 3.63) is 30.3 Å². The monoisotopic (exact) mass is 266 g/mol. The third-order valence-corrected chi connectivity index (χ3v) is 4.02. The first-order chi connectivity index (χ1) is 8.68. The number of carbonyl (C=O) groups excluding carboxylic acids is 1. The van der Waals surface area contributed by atoms with Gasteiger partial charge in [0.1, 0.15) is 0 Å². The summed E-state index contributed by atoms with van der Waals surface area (Å²) in [6.45, 7) is 0.312. The maximum atomic E-state index is 11.7. The van der Waals surface area contributed by atoms with Crippen molar-refractivity contribution in [2.24, 2.45) is 0 Å². The second kappa shape index (κ2) is 6.11. The second-order valence-electron chi connectivity index (χ2n) is 4.51. The van der Waals surface area contributed by atoms with Crippen LogP contribution >= 0.6 is 11.8 Å². The van der Waals surface area contributed by atoms with E-state index in [1.54, 1.807) is 0 Å². The molecule has 0 aliphatic carbocycles. The minimum absolute atomic E-state index is 0.271. The number of hydrogen-bond acceptors (Lipinski definition) is 3. The van der Waals surface area contributed by atoms with E-state index < -0.39 is 5.60 Å². The highest BCUT2D eigenvalue weighted by Crippen LogP contribution is 2.26. The van der Waals surface area contributed by atoms with Crippen molar-refractivity contribution in [2.45, 2.75) is 18.4 Å². The first kappa shape index (κ1) is 13.2. The Bertz CT molecular complexity index is 391. The zero-order valence-electron chi connectivity index (χ0n) is 10.2. The maximum absolute atomic E-state index is 11.7. The van der Waals surface area contributed by atoms with Crippen molar-refractivity contribution in [2.75, 3.05) is 23.4 Å². The number of urea groups is 1. The van der Waals surface area contributed by atoms with Gasteiger partial charge in [0.25, 0.3) is 0 Å². The van der Waals surface area contributed by atoms with Crippen LogP contribution in [0, 0.1) is 0 Å². The van der Waals surface area contributed by atoms with E-state index in [9.17, 15) is 9.90 Å². The van der Waals surface area contributed by atoms with E-state index in [0.29, 0.717) is 6.54 Å². The molecule has 1 aliphatic heterocycles. The van der Waals surface area contributed by atoms with Crippen molar-refractivity contribution in [3.8, 4) is 0 Å². The highest BCUT2D eigenvalue weighted by atomic mass is 32.2. The lowest BCUT2D eigenvalue weighted by atomic mass is 9.97. The molecule has 0 bridgehead atoms. The first-order valence-corrected chi connectivity index (χ1v) is 7.23. The summed E-state index contributed by atoms with van der Waals surface area (Å²) in [5, 5.41) is 15.7. The average molecular weight is 266 g/mol. The number of benzene rings is 1. The predicted molar refractivity (Wildman–Crippen MR) is 75.0 cm³/mol. The van der Waals surface area contributed by atoms with E-state index in [2.05, 4.69) is 10.6 Å². The molecule has 1 saturated heterocycles. The Labute approximate surface area is 111 Å². The van der Waals surface area contributed by atoms with Gasteiger partial charge in [0.05, 0.1) is 5.60 Å². The van der Waals surface area contributed by atoms with E-state index >= 15 is 0 Å². The van der Waals surface area contributed by atoms with Crippen molar-refractivity contribution >= 4 is 23.5 Å². The first-order valence-electron chi connectivity index (χ1n) is 6.08. The molecule has 0 atom stereocenters. The normalized spacial score (nSPS) is 18.1. The number of hydrogen-bond donors (Lipinski definition) is 3. The number of carbonyl (C=O) groups is 1. The quantitative estimate of drug-likeness (QED) is 0.785. The van der Waals surface area contributed by atoms with Crippen molar-refractivity contribution in [1.82, 2.24) is 5.32 Å². The number of para-hydroxylation sites is 1. The third-order valence-electron chi connectivity index (χ3n) is 3.03. The summed E-state index contributed by atoms with van der Waals surface area (Å²) in [5.74, 6) is 1.91. The third kappa shape index (κ3) is 3.92. The number of thioether (sulfide) groups is 1. The summed E-state index contributed by atoms with van der Waals surface area (Å²) in [5.41, 5.74) is 0.0143. The van der Waals surface area contributed by atoms with Crippen molar-refractivity contribution in [3.63, 3.8) is 0 Å². The van der Waals surface area contributed by atoms with Crippen LogP contribution in [0.5, 0.6) is 0 Å². The summed E-state index contributed by atoms with van der Waals surface area (Å²) in [6.07, 6.45) is 1.48. The lowest BCUT2D eigenvalue weighted by Gasteiger charge is -2.31. The molecule has 0 aromatic heterocycles.